The first kappa shape index (κ1) is 27.9. The molecule has 0 spiro atoms. The summed E-state index contributed by atoms with van der Waals surface area (Å²) in [5.41, 5.74) is 0.947. The van der Waals surface area contributed by atoms with Crippen LogP contribution in [-0.4, -0.2) is 37.0 Å². The summed E-state index contributed by atoms with van der Waals surface area (Å²) in [6.45, 7) is 1.91. The van der Waals surface area contributed by atoms with Gasteiger partial charge in [-0.3, -0.25) is 9.59 Å². The molecule has 6 heteroatoms. The van der Waals surface area contributed by atoms with E-state index >= 15 is 0 Å². The lowest BCUT2D eigenvalue weighted by atomic mass is 9.97. The third-order valence-corrected chi connectivity index (χ3v) is 6.64. The van der Waals surface area contributed by atoms with E-state index in [9.17, 15) is 14.4 Å². The van der Waals surface area contributed by atoms with Gasteiger partial charge in [-0.15, -0.1) is 0 Å². The lowest BCUT2D eigenvalue weighted by Gasteiger charge is -2.21. The van der Waals surface area contributed by atoms with Crippen LogP contribution in [0, 0.1) is 5.92 Å². The third-order valence-electron chi connectivity index (χ3n) is 6.64. The van der Waals surface area contributed by atoms with Gasteiger partial charge in [-0.2, -0.15) is 0 Å². The maximum Gasteiger partial charge on any atom is 0.328 e. The molecule has 1 aliphatic rings. The Hall–Kier alpha value is -2.37. The van der Waals surface area contributed by atoms with Gasteiger partial charge in [0.05, 0.1) is 7.11 Å². The molecule has 2 N–H and O–H groups in total. The van der Waals surface area contributed by atoms with Gasteiger partial charge in [-0.1, -0.05) is 95.0 Å². The van der Waals surface area contributed by atoms with Crippen molar-refractivity contribution >= 4 is 17.8 Å². The van der Waals surface area contributed by atoms with Gasteiger partial charge in [0.25, 0.3) is 0 Å². The van der Waals surface area contributed by atoms with E-state index in [1.165, 1.54) is 64.9 Å². The van der Waals surface area contributed by atoms with Crippen LogP contribution in [0.4, 0.5) is 0 Å². The highest BCUT2D eigenvalue weighted by atomic mass is 16.5. The summed E-state index contributed by atoms with van der Waals surface area (Å²) in [6, 6.07) is 9.03. The molecule has 0 unspecified atom stereocenters. The van der Waals surface area contributed by atoms with Gasteiger partial charge in [-0.05, 0) is 24.3 Å². The number of hydrogen-bond donors (Lipinski definition) is 2. The smallest absolute Gasteiger partial charge is 0.328 e. The van der Waals surface area contributed by atoms with E-state index < -0.39 is 12.0 Å². The second kappa shape index (κ2) is 16.3. The second-order valence-electron chi connectivity index (χ2n) is 9.87. The average Bonchev–Trinajstić information content (AvgIpc) is 2.80. The molecule has 1 fully saturated rings. The van der Waals surface area contributed by atoms with Crippen molar-refractivity contribution in [1.29, 1.82) is 0 Å². The first-order valence-electron chi connectivity index (χ1n) is 13.2. The minimum absolute atomic E-state index is 0.0196. The lowest BCUT2D eigenvalue weighted by Crippen LogP contribution is -2.43. The van der Waals surface area contributed by atoms with Crippen molar-refractivity contribution in [3.8, 4) is 0 Å². The van der Waals surface area contributed by atoms with E-state index in [0.717, 1.165) is 18.4 Å². The number of amides is 2. The van der Waals surface area contributed by atoms with Gasteiger partial charge < -0.3 is 15.4 Å². The number of hydrogen-bond acceptors (Lipinski definition) is 4. The number of nitrogens with one attached hydrogen (secondary N) is 2. The molecule has 0 aromatic heterocycles. The molecule has 1 saturated carbocycles. The lowest BCUT2D eigenvalue weighted by molar-refractivity contribution is -0.145. The van der Waals surface area contributed by atoms with Crippen molar-refractivity contribution in [3.63, 3.8) is 0 Å². The predicted octanol–water partition coefficient (Wildman–Crippen LogP) is 5.09. The standard InChI is InChI=1S/C28H44N2O4/c1-22(19-26(31)29-24-17-13-8-6-4-3-5-7-9-14-18-24)20-27(32)30-25(28(33)34-2)21-23-15-11-10-12-16-23/h10-12,15-16,22,24-25H,3-9,13-14,17-21H2,1-2H3,(H,29,31)(H,30,32)/t22-,25-/m0/s1. The summed E-state index contributed by atoms with van der Waals surface area (Å²) < 4.78 is 4.87. The highest BCUT2D eigenvalue weighted by molar-refractivity contribution is 5.85. The van der Waals surface area contributed by atoms with Crippen LogP contribution in [-0.2, 0) is 25.5 Å². The monoisotopic (exact) mass is 472 g/mol. The largest absolute Gasteiger partial charge is 0.467 e. The molecule has 0 saturated heterocycles. The molecule has 0 heterocycles. The van der Waals surface area contributed by atoms with Crippen molar-refractivity contribution in [3.05, 3.63) is 35.9 Å². The first-order chi connectivity index (χ1) is 16.5. The van der Waals surface area contributed by atoms with Gasteiger partial charge in [0.1, 0.15) is 6.04 Å². The highest BCUT2D eigenvalue weighted by Gasteiger charge is 2.23. The fourth-order valence-electron chi connectivity index (χ4n) is 4.74. The van der Waals surface area contributed by atoms with Gasteiger partial charge in [-0.25, -0.2) is 4.79 Å². The van der Waals surface area contributed by atoms with Crippen LogP contribution in [0.2, 0.25) is 0 Å². The van der Waals surface area contributed by atoms with Crippen LogP contribution in [0.15, 0.2) is 30.3 Å². The van der Waals surface area contributed by atoms with Gasteiger partial charge in [0.15, 0.2) is 0 Å². The molecule has 0 bridgehead atoms. The molecule has 0 radical (unpaired) electrons. The fourth-order valence-corrected chi connectivity index (χ4v) is 4.74. The van der Waals surface area contributed by atoms with E-state index in [1.54, 1.807) is 0 Å². The predicted molar refractivity (Wildman–Crippen MR) is 135 cm³/mol. The van der Waals surface area contributed by atoms with E-state index in [1.807, 2.05) is 37.3 Å². The zero-order valence-electron chi connectivity index (χ0n) is 21.2. The zero-order valence-corrected chi connectivity index (χ0v) is 21.2. The molecule has 1 aliphatic carbocycles. The highest BCUT2D eigenvalue weighted by Crippen LogP contribution is 2.18. The van der Waals surface area contributed by atoms with Crippen LogP contribution in [0.1, 0.15) is 96.0 Å². The van der Waals surface area contributed by atoms with E-state index in [4.69, 9.17) is 4.74 Å². The number of rotatable bonds is 9. The molecule has 0 aliphatic heterocycles. The first-order valence-corrected chi connectivity index (χ1v) is 13.2. The quantitative estimate of drug-likeness (QED) is 0.490. The molecular weight excluding hydrogens is 428 g/mol. The number of methoxy groups -OCH3 is 1. The van der Waals surface area contributed by atoms with Crippen LogP contribution in [0.5, 0.6) is 0 Å². The zero-order chi connectivity index (χ0) is 24.6. The van der Waals surface area contributed by atoms with E-state index in [2.05, 4.69) is 10.6 Å². The summed E-state index contributed by atoms with van der Waals surface area (Å²) in [5.74, 6) is -0.796. The summed E-state index contributed by atoms with van der Waals surface area (Å²) in [6.07, 6.45) is 14.4. The maximum atomic E-state index is 12.7. The summed E-state index contributed by atoms with van der Waals surface area (Å²) in [4.78, 5) is 37.5. The Morgan fingerprint density at radius 1 is 0.853 bits per heavy atom. The van der Waals surface area contributed by atoms with Gasteiger partial charge in [0, 0.05) is 25.3 Å². The Balaban J connectivity index is 1.79. The van der Waals surface area contributed by atoms with Gasteiger partial charge >= 0.3 is 5.97 Å². The number of benzene rings is 1. The Kier molecular flexibility index (Phi) is 13.4. The SMILES string of the molecule is COC(=O)[C@H](Cc1ccccc1)NC(=O)C[C@@H](C)CC(=O)NC1CCCCCCCCCCC1. The number of carbonyl (C=O) groups is 3. The fraction of sp³-hybridized carbons (Fsp3) is 0.679. The van der Waals surface area contributed by atoms with E-state index in [-0.39, 0.29) is 30.2 Å². The normalized spacial score (nSPS) is 17.9. The molecule has 1 aromatic carbocycles. The Labute approximate surface area is 205 Å². The van der Waals surface area contributed by atoms with Crippen molar-refractivity contribution in [2.75, 3.05) is 7.11 Å². The van der Waals surface area contributed by atoms with Crippen LogP contribution in [0.3, 0.4) is 0 Å². The molecule has 1 aromatic rings. The summed E-state index contributed by atoms with van der Waals surface area (Å²) in [5, 5.41) is 6.03. The Bertz CT molecular complexity index is 725. The maximum absolute atomic E-state index is 12.7. The van der Waals surface area contributed by atoms with Gasteiger partial charge in [0.2, 0.25) is 11.8 Å². The van der Waals surface area contributed by atoms with Crippen LogP contribution < -0.4 is 10.6 Å². The molecule has 190 valence electrons. The summed E-state index contributed by atoms with van der Waals surface area (Å²) in [7, 11) is 1.32. The molecule has 34 heavy (non-hydrogen) atoms. The minimum atomic E-state index is -0.739. The number of esters is 1. The van der Waals surface area contributed by atoms with Crippen molar-refractivity contribution in [2.24, 2.45) is 5.92 Å². The molecular formula is C28H44N2O4. The average molecular weight is 473 g/mol. The molecule has 2 atom stereocenters. The van der Waals surface area contributed by atoms with Crippen LogP contribution in [0.25, 0.3) is 0 Å². The minimum Gasteiger partial charge on any atom is -0.467 e. The topological polar surface area (TPSA) is 84.5 Å². The third kappa shape index (κ3) is 11.7. The molecule has 2 amide bonds. The van der Waals surface area contributed by atoms with Crippen molar-refractivity contribution < 1.29 is 19.1 Å². The number of ether oxygens (including phenoxy) is 1. The van der Waals surface area contributed by atoms with Crippen molar-refractivity contribution in [1.82, 2.24) is 10.6 Å². The van der Waals surface area contributed by atoms with Crippen LogP contribution >= 0.6 is 0 Å². The summed E-state index contributed by atoms with van der Waals surface area (Å²) >= 11 is 0. The van der Waals surface area contributed by atoms with Crippen molar-refractivity contribution in [2.45, 2.75) is 109 Å². The molecule has 6 nitrogen and oxygen atoms in total. The number of carbonyl (C=O) groups excluding carboxylic acids is 3. The van der Waals surface area contributed by atoms with E-state index in [0.29, 0.717) is 12.8 Å². The second-order valence-corrected chi connectivity index (χ2v) is 9.87. The Morgan fingerprint density at radius 2 is 1.38 bits per heavy atom. The molecule has 2 rings (SSSR count). The Morgan fingerprint density at radius 3 is 1.94 bits per heavy atom.